The van der Waals surface area contributed by atoms with Crippen LogP contribution in [0.25, 0.3) is 0 Å². The van der Waals surface area contributed by atoms with Crippen molar-refractivity contribution in [1.29, 1.82) is 0 Å². The van der Waals surface area contributed by atoms with Gasteiger partial charge in [-0.05, 0) is 27.7 Å². The Balaban J connectivity index is 4.25. The van der Waals surface area contributed by atoms with Crippen LogP contribution in [0.5, 0.6) is 0 Å². The molecule has 0 spiro atoms. The lowest BCUT2D eigenvalue weighted by atomic mass is 10.2. The summed E-state index contributed by atoms with van der Waals surface area (Å²) < 4.78 is 9.15. The van der Waals surface area contributed by atoms with Crippen LogP contribution >= 0.6 is 0 Å². The van der Waals surface area contributed by atoms with Crippen LogP contribution in [0, 0.1) is 0 Å². The van der Waals surface area contributed by atoms with E-state index in [9.17, 15) is 14.4 Å². The fraction of sp³-hybridized carbons (Fsp3) is 0.700. The van der Waals surface area contributed by atoms with E-state index in [1.54, 1.807) is 20.8 Å². The molecule has 1 unspecified atom stereocenters. The summed E-state index contributed by atoms with van der Waals surface area (Å²) in [6, 6.07) is -0.970. The third-order valence-corrected chi connectivity index (χ3v) is 1.51. The molecule has 6 heteroatoms. The molecule has 1 N–H and O–H groups in total. The van der Waals surface area contributed by atoms with E-state index < -0.39 is 29.5 Å². The van der Waals surface area contributed by atoms with E-state index >= 15 is 0 Å². The van der Waals surface area contributed by atoms with Crippen LogP contribution < -0.4 is 5.32 Å². The molecule has 0 aromatic heterocycles. The van der Waals surface area contributed by atoms with E-state index in [2.05, 4.69) is 10.1 Å². The Bertz CT molecular complexity index is 292. The Morgan fingerprint density at radius 2 is 1.69 bits per heavy atom. The monoisotopic (exact) mass is 231 g/mol. The molecule has 0 aromatic carbocycles. The first kappa shape index (κ1) is 14.4. The van der Waals surface area contributed by atoms with Gasteiger partial charge in [0, 0.05) is 0 Å². The van der Waals surface area contributed by atoms with Crippen LogP contribution in [0.1, 0.15) is 27.7 Å². The standard InChI is InChI=1S/C10H17NO5/c1-6(7(12)8(13)15-5)11-9(14)16-10(2,3)4/h6H,1-5H3,(H,11,14). The zero-order valence-electron chi connectivity index (χ0n) is 10.1. The summed E-state index contributed by atoms with van der Waals surface area (Å²) in [4.78, 5) is 33.3. The van der Waals surface area contributed by atoms with Crippen molar-refractivity contribution in [2.75, 3.05) is 7.11 Å². The summed E-state index contributed by atoms with van der Waals surface area (Å²) in [5, 5.41) is 2.24. The first-order valence-corrected chi connectivity index (χ1v) is 4.79. The third kappa shape index (κ3) is 5.33. The van der Waals surface area contributed by atoms with E-state index in [1.807, 2.05) is 0 Å². The summed E-state index contributed by atoms with van der Waals surface area (Å²) in [6.45, 7) is 6.46. The molecule has 0 heterocycles. The summed E-state index contributed by atoms with van der Waals surface area (Å²) in [6.07, 6.45) is -0.753. The van der Waals surface area contributed by atoms with Crippen molar-refractivity contribution in [3.63, 3.8) is 0 Å². The maximum Gasteiger partial charge on any atom is 0.408 e. The second-order valence-electron chi connectivity index (χ2n) is 4.22. The average molecular weight is 231 g/mol. The van der Waals surface area contributed by atoms with E-state index in [4.69, 9.17) is 4.74 Å². The van der Waals surface area contributed by atoms with Crippen LogP contribution in [-0.2, 0) is 19.1 Å². The Kier molecular flexibility index (Phi) is 4.94. The molecule has 1 atom stereocenters. The molecule has 0 rings (SSSR count). The SMILES string of the molecule is COC(=O)C(=O)C(C)NC(=O)OC(C)(C)C. The Labute approximate surface area is 94.3 Å². The van der Waals surface area contributed by atoms with Gasteiger partial charge in [-0.3, -0.25) is 4.79 Å². The highest BCUT2D eigenvalue weighted by molar-refractivity contribution is 6.35. The number of rotatable bonds is 3. The summed E-state index contributed by atoms with van der Waals surface area (Å²) in [5.41, 5.74) is -0.655. The topological polar surface area (TPSA) is 81.7 Å². The van der Waals surface area contributed by atoms with Gasteiger partial charge in [-0.2, -0.15) is 0 Å². The van der Waals surface area contributed by atoms with Gasteiger partial charge in [0.15, 0.2) is 0 Å². The van der Waals surface area contributed by atoms with Crippen molar-refractivity contribution >= 4 is 17.8 Å². The van der Waals surface area contributed by atoms with E-state index in [-0.39, 0.29) is 0 Å². The molecule has 0 aliphatic rings. The minimum atomic E-state index is -0.997. The first-order valence-electron chi connectivity index (χ1n) is 4.79. The molecule has 0 saturated carbocycles. The second kappa shape index (κ2) is 5.48. The maximum atomic E-state index is 11.2. The van der Waals surface area contributed by atoms with Gasteiger partial charge in [-0.25, -0.2) is 9.59 Å². The minimum Gasteiger partial charge on any atom is -0.463 e. The number of hydrogen-bond acceptors (Lipinski definition) is 5. The smallest absolute Gasteiger partial charge is 0.408 e. The molecule has 0 bridgehead atoms. The van der Waals surface area contributed by atoms with Crippen molar-refractivity contribution in [2.24, 2.45) is 0 Å². The van der Waals surface area contributed by atoms with Crippen LogP contribution in [0.2, 0.25) is 0 Å². The Hall–Kier alpha value is -1.59. The lowest BCUT2D eigenvalue weighted by molar-refractivity contribution is -0.152. The van der Waals surface area contributed by atoms with Crippen molar-refractivity contribution < 1.29 is 23.9 Å². The third-order valence-electron chi connectivity index (χ3n) is 1.51. The van der Waals surface area contributed by atoms with Crippen LogP contribution in [0.15, 0.2) is 0 Å². The fourth-order valence-electron chi connectivity index (χ4n) is 0.827. The van der Waals surface area contributed by atoms with Gasteiger partial charge in [0.05, 0.1) is 13.2 Å². The predicted molar refractivity (Wildman–Crippen MR) is 55.9 cm³/mol. The molecule has 0 aliphatic carbocycles. The van der Waals surface area contributed by atoms with Gasteiger partial charge in [-0.15, -0.1) is 0 Å². The Morgan fingerprint density at radius 1 is 1.19 bits per heavy atom. The van der Waals surface area contributed by atoms with Crippen LogP contribution in [-0.4, -0.2) is 36.6 Å². The van der Waals surface area contributed by atoms with Gasteiger partial charge in [0.1, 0.15) is 5.60 Å². The second-order valence-corrected chi connectivity index (χ2v) is 4.22. The van der Waals surface area contributed by atoms with Gasteiger partial charge in [0.25, 0.3) is 5.78 Å². The lowest BCUT2D eigenvalue weighted by Crippen LogP contribution is -2.44. The molecule has 0 aromatic rings. The summed E-state index contributed by atoms with van der Waals surface area (Å²) >= 11 is 0. The quantitative estimate of drug-likeness (QED) is 0.569. The van der Waals surface area contributed by atoms with Crippen molar-refractivity contribution in [2.45, 2.75) is 39.3 Å². The van der Waals surface area contributed by atoms with Crippen molar-refractivity contribution in [3.05, 3.63) is 0 Å². The highest BCUT2D eigenvalue weighted by Gasteiger charge is 2.25. The van der Waals surface area contributed by atoms with Crippen molar-refractivity contribution in [1.82, 2.24) is 5.32 Å². The van der Waals surface area contributed by atoms with E-state index in [0.717, 1.165) is 7.11 Å². The molecular weight excluding hydrogens is 214 g/mol. The first-order chi connectivity index (χ1) is 7.17. The lowest BCUT2D eigenvalue weighted by Gasteiger charge is -2.21. The molecular formula is C10H17NO5. The van der Waals surface area contributed by atoms with Gasteiger partial charge in [0.2, 0.25) is 0 Å². The number of esters is 1. The predicted octanol–water partition coefficient (Wildman–Crippen LogP) is 0.642. The van der Waals surface area contributed by atoms with Crippen LogP contribution in [0.4, 0.5) is 4.79 Å². The zero-order chi connectivity index (χ0) is 12.9. The summed E-state index contributed by atoms with van der Waals surface area (Å²) in [7, 11) is 1.10. The molecule has 0 saturated heterocycles. The van der Waals surface area contributed by atoms with Gasteiger partial charge in [-0.1, -0.05) is 0 Å². The average Bonchev–Trinajstić information content (AvgIpc) is 2.12. The maximum absolute atomic E-state index is 11.2. The Morgan fingerprint density at radius 3 is 2.06 bits per heavy atom. The molecule has 92 valence electrons. The van der Waals surface area contributed by atoms with Crippen molar-refractivity contribution in [3.8, 4) is 0 Å². The number of Topliss-reactive ketones (excluding diaryl/α,β-unsaturated/α-hetero) is 1. The minimum absolute atomic E-state index is 0.655. The normalized spacial score (nSPS) is 12.6. The molecule has 0 aliphatic heterocycles. The molecule has 6 nitrogen and oxygen atoms in total. The van der Waals surface area contributed by atoms with Gasteiger partial charge < -0.3 is 14.8 Å². The van der Waals surface area contributed by atoms with Gasteiger partial charge >= 0.3 is 12.1 Å². The number of hydrogen-bond donors (Lipinski definition) is 1. The molecule has 0 radical (unpaired) electrons. The van der Waals surface area contributed by atoms with E-state index in [0.29, 0.717) is 0 Å². The van der Waals surface area contributed by atoms with E-state index in [1.165, 1.54) is 6.92 Å². The molecule has 1 amide bonds. The number of alkyl carbamates (subject to hydrolysis) is 1. The number of ether oxygens (including phenoxy) is 2. The zero-order valence-corrected chi connectivity index (χ0v) is 10.1. The van der Waals surface area contributed by atoms with Crippen LogP contribution in [0.3, 0.4) is 0 Å². The number of methoxy groups -OCH3 is 1. The largest absolute Gasteiger partial charge is 0.463 e. The number of carbonyl (C=O) groups excluding carboxylic acids is 3. The number of nitrogens with one attached hydrogen (secondary N) is 1. The molecule has 0 fully saturated rings. The molecule has 16 heavy (non-hydrogen) atoms. The number of carbonyl (C=O) groups is 3. The highest BCUT2D eigenvalue weighted by Crippen LogP contribution is 2.06. The number of amides is 1. The highest BCUT2D eigenvalue weighted by atomic mass is 16.6. The fourth-order valence-corrected chi connectivity index (χ4v) is 0.827. The number of ketones is 1. The summed E-state index contributed by atoms with van der Waals surface area (Å²) in [5.74, 6) is -1.82.